The Morgan fingerprint density at radius 2 is 1.21 bits per heavy atom. The van der Waals surface area contributed by atoms with Crippen LogP contribution in [0.4, 0.5) is 28.9 Å². The van der Waals surface area contributed by atoms with Gasteiger partial charge in [-0.2, -0.15) is 8.78 Å². The minimum Gasteiger partial charge on any atom is -0.420 e. The minimum atomic E-state index is -1.80. The molecule has 5 rings (SSSR count). The molecule has 2 aromatic rings. The van der Waals surface area contributed by atoms with E-state index in [4.69, 9.17) is 62.9 Å². The SMILES string of the molecule is CCCN(OCC)C(=O)C1=Cc2ncc(N3CCCC4(CC4NC(=O)CCOCCOCCOCCOCCOCCOCCOCCOCCOCCOCCC(=O)Oc4c(F)c(F)cc(F)c4F)C3)cc2N=C(N)C1. The molecule has 21 nitrogen and oxygen atoms in total. The van der Waals surface area contributed by atoms with Crippen molar-refractivity contribution in [3.63, 3.8) is 0 Å². The molecule has 432 valence electrons. The van der Waals surface area contributed by atoms with Gasteiger partial charge in [-0.05, 0) is 44.7 Å². The van der Waals surface area contributed by atoms with Crippen molar-refractivity contribution in [3.8, 4) is 5.75 Å². The van der Waals surface area contributed by atoms with E-state index in [9.17, 15) is 31.9 Å². The molecule has 2 unspecified atom stereocenters. The number of amides is 2. The Hall–Kier alpha value is -4.93. The molecule has 0 bridgehead atoms. The number of benzene rings is 1. The molecule has 1 saturated heterocycles. The van der Waals surface area contributed by atoms with Gasteiger partial charge in [-0.1, -0.05) is 6.92 Å². The molecule has 1 saturated carbocycles. The lowest BCUT2D eigenvalue weighted by molar-refractivity contribution is -0.180. The summed E-state index contributed by atoms with van der Waals surface area (Å²) < 4.78 is 113. The fourth-order valence-electron chi connectivity index (χ4n) is 8.17. The van der Waals surface area contributed by atoms with Crippen molar-refractivity contribution in [3.05, 3.63) is 52.9 Å². The monoisotopic (exact) mass is 1100 g/mol. The van der Waals surface area contributed by atoms with Crippen molar-refractivity contribution in [1.82, 2.24) is 15.4 Å². The van der Waals surface area contributed by atoms with Gasteiger partial charge in [0, 0.05) is 55.6 Å². The summed E-state index contributed by atoms with van der Waals surface area (Å²) in [6.07, 6.45) is 7.36. The van der Waals surface area contributed by atoms with Crippen LogP contribution in [0.3, 0.4) is 0 Å². The molecular formula is C52H76F4N6O15. The number of nitrogens with two attached hydrogens (primary N) is 1. The summed E-state index contributed by atoms with van der Waals surface area (Å²) in [5.74, 6) is -9.45. The first-order valence-corrected chi connectivity index (χ1v) is 26.3. The number of hydrogen-bond acceptors (Lipinski definition) is 19. The number of anilines is 1. The zero-order valence-corrected chi connectivity index (χ0v) is 44.3. The molecule has 1 aromatic carbocycles. The molecule has 2 fully saturated rings. The first-order valence-electron chi connectivity index (χ1n) is 26.3. The first-order chi connectivity index (χ1) is 37.4. The second-order valence-electron chi connectivity index (χ2n) is 18.0. The molecule has 3 N–H and O–H groups in total. The van der Waals surface area contributed by atoms with Crippen LogP contribution in [0.2, 0.25) is 0 Å². The van der Waals surface area contributed by atoms with Crippen LogP contribution in [0.5, 0.6) is 5.75 Å². The maximum Gasteiger partial charge on any atom is 0.313 e. The van der Waals surface area contributed by atoms with Gasteiger partial charge < -0.3 is 68.1 Å². The molecule has 1 spiro atoms. The number of pyridine rings is 1. The summed E-state index contributed by atoms with van der Waals surface area (Å²) in [5.41, 5.74) is 8.92. The Morgan fingerprint density at radius 3 is 1.70 bits per heavy atom. The van der Waals surface area contributed by atoms with Crippen LogP contribution < -0.4 is 20.7 Å². The third-order valence-corrected chi connectivity index (χ3v) is 12.1. The number of esters is 1. The number of hydrogen-bond donors (Lipinski definition) is 2. The molecule has 25 heteroatoms. The van der Waals surface area contributed by atoms with Crippen molar-refractivity contribution >= 4 is 41.1 Å². The van der Waals surface area contributed by atoms with Gasteiger partial charge >= 0.3 is 5.97 Å². The van der Waals surface area contributed by atoms with Gasteiger partial charge in [-0.3, -0.25) is 24.2 Å². The van der Waals surface area contributed by atoms with Crippen molar-refractivity contribution < 1.29 is 88.9 Å². The Bertz CT molecular complexity index is 2150. The quantitative estimate of drug-likeness (QED) is 0.0231. The highest BCUT2D eigenvalue weighted by atomic mass is 19.2. The summed E-state index contributed by atoms with van der Waals surface area (Å²) in [7, 11) is 0. The maximum absolute atomic E-state index is 13.6. The molecule has 2 amide bonds. The van der Waals surface area contributed by atoms with Gasteiger partial charge in [-0.25, -0.2) is 18.8 Å². The second kappa shape index (κ2) is 35.6. The van der Waals surface area contributed by atoms with E-state index in [1.54, 1.807) is 6.08 Å². The van der Waals surface area contributed by atoms with E-state index >= 15 is 0 Å². The first kappa shape index (κ1) is 62.9. The predicted molar refractivity (Wildman–Crippen MR) is 272 cm³/mol. The molecule has 2 aliphatic heterocycles. The summed E-state index contributed by atoms with van der Waals surface area (Å²) >= 11 is 0. The number of piperidine rings is 1. The van der Waals surface area contributed by atoms with Crippen molar-refractivity contribution in [2.24, 2.45) is 16.1 Å². The van der Waals surface area contributed by atoms with Gasteiger partial charge in [0.05, 0.1) is 168 Å². The van der Waals surface area contributed by atoms with Crippen LogP contribution in [0.25, 0.3) is 6.08 Å². The topological polar surface area (TPSA) is 232 Å². The average Bonchev–Trinajstić information content (AvgIpc) is 4.32. The fraction of sp³-hybridized carbons (Fsp3) is 0.673. The Morgan fingerprint density at radius 1 is 0.714 bits per heavy atom. The molecule has 2 atom stereocenters. The molecule has 3 heterocycles. The summed E-state index contributed by atoms with van der Waals surface area (Å²) in [5, 5.41) is 4.60. The lowest BCUT2D eigenvalue weighted by atomic mass is 9.93. The number of rotatable bonds is 41. The number of hydroxylamine groups is 2. The van der Waals surface area contributed by atoms with Crippen molar-refractivity contribution in [2.45, 2.75) is 64.8 Å². The summed E-state index contributed by atoms with van der Waals surface area (Å²) in [4.78, 5) is 55.0. The fourth-order valence-corrected chi connectivity index (χ4v) is 8.17. The van der Waals surface area contributed by atoms with E-state index < -0.39 is 41.4 Å². The van der Waals surface area contributed by atoms with E-state index in [0.717, 1.165) is 44.5 Å². The summed E-state index contributed by atoms with van der Waals surface area (Å²) in [6, 6.07) is 2.10. The molecule has 3 aliphatic rings. The number of carbonyl (C=O) groups excluding carboxylic acids is 3. The summed E-state index contributed by atoms with van der Waals surface area (Å²) in [6.45, 7) is 13.1. The van der Waals surface area contributed by atoms with Crippen LogP contribution in [0.15, 0.2) is 28.9 Å². The third-order valence-electron chi connectivity index (χ3n) is 12.1. The van der Waals surface area contributed by atoms with Crippen LogP contribution in [0, 0.1) is 28.7 Å². The van der Waals surface area contributed by atoms with Gasteiger partial charge in [-0.15, -0.1) is 0 Å². The molecule has 0 radical (unpaired) electrons. The lowest BCUT2D eigenvalue weighted by Gasteiger charge is -2.35. The molecule has 77 heavy (non-hydrogen) atoms. The van der Waals surface area contributed by atoms with Gasteiger partial charge in [0.2, 0.25) is 23.3 Å². The molecular weight excluding hydrogens is 1020 g/mol. The van der Waals surface area contributed by atoms with E-state index in [2.05, 4.69) is 19.9 Å². The number of fused-ring (bicyclic) bond motifs is 1. The van der Waals surface area contributed by atoms with E-state index in [-0.39, 0.29) is 68.6 Å². The Kier molecular flexibility index (Phi) is 29.0. The predicted octanol–water partition coefficient (Wildman–Crippen LogP) is 4.63. The average molecular weight is 1100 g/mol. The normalized spacial score (nSPS) is 17.0. The molecule has 1 aromatic heterocycles. The van der Waals surface area contributed by atoms with Gasteiger partial charge in [0.1, 0.15) is 5.84 Å². The number of aromatic nitrogens is 1. The minimum absolute atomic E-state index is 0.0119. The van der Waals surface area contributed by atoms with Crippen LogP contribution in [0.1, 0.15) is 64.5 Å². The zero-order valence-electron chi connectivity index (χ0n) is 44.3. The highest BCUT2D eigenvalue weighted by molar-refractivity contribution is 6.05. The third kappa shape index (κ3) is 22.8. The van der Waals surface area contributed by atoms with E-state index in [0.29, 0.717) is 142 Å². The van der Waals surface area contributed by atoms with Crippen molar-refractivity contribution in [2.75, 3.05) is 163 Å². The highest BCUT2D eigenvalue weighted by Gasteiger charge is 2.56. The largest absolute Gasteiger partial charge is 0.420 e. The van der Waals surface area contributed by atoms with E-state index in [1.807, 2.05) is 26.1 Å². The zero-order chi connectivity index (χ0) is 55.1. The Balaban J connectivity index is 0.740. The smallest absolute Gasteiger partial charge is 0.313 e. The number of nitrogens with one attached hydrogen (secondary N) is 1. The second-order valence-corrected chi connectivity index (χ2v) is 18.0. The number of ether oxygens (including phenoxy) is 11. The van der Waals surface area contributed by atoms with Gasteiger partial charge in [0.25, 0.3) is 5.91 Å². The lowest BCUT2D eigenvalue weighted by Crippen LogP contribution is -2.41. The van der Waals surface area contributed by atoms with Gasteiger partial charge in [0.15, 0.2) is 11.6 Å². The number of nitrogens with zero attached hydrogens (tertiary/aromatic N) is 4. The number of halogens is 4. The number of aliphatic imine (C=N–C) groups is 1. The number of amidine groups is 1. The van der Waals surface area contributed by atoms with Crippen molar-refractivity contribution in [1.29, 1.82) is 0 Å². The molecule has 1 aliphatic carbocycles. The maximum atomic E-state index is 13.6. The standard InChI is InChI=1S/C52H76F4N6O15/c1-3-9-62(76-4-2)51(65)38-31-42-43(59-45(57)32-38)33-39(36-58-42)61-10-5-8-52(37-61)35-44(52)60-46(63)6-11-66-13-15-68-17-19-70-21-23-72-25-27-74-29-30-75-28-26-73-24-22-71-20-18-69-16-14-67-12-7-47(64)77-50-48(55)40(53)34-41(54)49(50)56/h31,33-34,36,44H,3-30,32,35,37H2,1-2H3,(H2,57,59)(H,60,63). The van der Waals surface area contributed by atoms with Crippen LogP contribution in [-0.2, 0) is 66.6 Å². The highest BCUT2D eigenvalue weighted by Crippen LogP contribution is 2.53. The van der Waals surface area contributed by atoms with Crippen LogP contribution in [-0.4, -0.2) is 198 Å². The van der Waals surface area contributed by atoms with Crippen LogP contribution >= 0.6 is 0 Å². The number of carbonyl (C=O) groups is 3. The van der Waals surface area contributed by atoms with E-state index in [1.165, 1.54) is 5.06 Å². The Labute approximate surface area is 447 Å².